The maximum atomic E-state index is 13.9. The van der Waals surface area contributed by atoms with Crippen LogP contribution in [0.2, 0.25) is 0 Å². The first-order valence-electron chi connectivity index (χ1n) is 10.3. The lowest BCUT2D eigenvalue weighted by atomic mass is 9.87. The molecule has 1 aliphatic rings. The molecular weight excluding hydrogens is 374 g/mol. The second-order valence-electron chi connectivity index (χ2n) is 7.62. The Morgan fingerprint density at radius 1 is 0.900 bits per heavy atom. The van der Waals surface area contributed by atoms with E-state index in [1.807, 2.05) is 77.7 Å². The van der Waals surface area contributed by atoms with E-state index in [0.29, 0.717) is 12.3 Å². The predicted molar refractivity (Wildman–Crippen MR) is 118 cm³/mol. The molecular formula is C26H27NO3. The standard InChI is InChI=1S/C26H27NO3/c1-18-22-17-24(30-3)23(29-2)16-21(22)14-15-27(18)26(28)25(19-10-6-4-7-11-19)20-12-8-5-9-13-20/h4-13,16-18,25H,14-15H2,1-3H3/t18-/m0/s1. The zero-order chi connectivity index (χ0) is 21.1. The molecule has 3 aromatic rings. The molecule has 0 unspecified atom stereocenters. The largest absolute Gasteiger partial charge is 0.493 e. The monoisotopic (exact) mass is 401 g/mol. The van der Waals surface area contributed by atoms with Gasteiger partial charge in [0.25, 0.3) is 0 Å². The summed E-state index contributed by atoms with van der Waals surface area (Å²) in [7, 11) is 3.29. The van der Waals surface area contributed by atoms with Gasteiger partial charge in [-0.2, -0.15) is 0 Å². The predicted octanol–water partition coefficient (Wildman–Crippen LogP) is 4.98. The van der Waals surface area contributed by atoms with Crippen molar-refractivity contribution >= 4 is 5.91 Å². The number of amides is 1. The van der Waals surface area contributed by atoms with Crippen LogP contribution < -0.4 is 9.47 Å². The molecule has 1 atom stereocenters. The maximum absolute atomic E-state index is 13.9. The Balaban J connectivity index is 1.71. The van der Waals surface area contributed by atoms with Crippen molar-refractivity contribution in [3.8, 4) is 11.5 Å². The molecule has 0 radical (unpaired) electrons. The van der Waals surface area contributed by atoms with E-state index in [9.17, 15) is 4.79 Å². The third-order valence-corrected chi connectivity index (χ3v) is 5.98. The molecule has 0 bridgehead atoms. The smallest absolute Gasteiger partial charge is 0.235 e. The number of ether oxygens (including phenoxy) is 2. The van der Waals surface area contributed by atoms with Crippen molar-refractivity contribution in [2.45, 2.75) is 25.3 Å². The highest BCUT2D eigenvalue weighted by Crippen LogP contribution is 2.39. The van der Waals surface area contributed by atoms with Crippen LogP contribution in [0.25, 0.3) is 0 Å². The van der Waals surface area contributed by atoms with Crippen LogP contribution in [0.15, 0.2) is 72.8 Å². The molecule has 4 heteroatoms. The fourth-order valence-electron chi connectivity index (χ4n) is 4.38. The van der Waals surface area contributed by atoms with E-state index < -0.39 is 0 Å². The van der Waals surface area contributed by atoms with Gasteiger partial charge in [-0.1, -0.05) is 60.7 Å². The van der Waals surface area contributed by atoms with Crippen LogP contribution in [0.1, 0.15) is 41.1 Å². The minimum Gasteiger partial charge on any atom is -0.493 e. The van der Waals surface area contributed by atoms with Crippen LogP contribution in [-0.4, -0.2) is 31.6 Å². The second kappa shape index (κ2) is 8.62. The Morgan fingerprint density at radius 2 is 1.43 bits per heavy atom. The maximum Gasteiger partial charge on any atom is 0.235 e. The summed E-state index contributed by atoms with van der Waals surface area (Å²) in [6.07, 6.45) is 0.794. The van der Waals surface area contributed by atoms with Crippen molar-refractivity contribution in [2.24, 2.45) is 0 Å². The van der Waals surface area contributed by atoms with Gasteiger partial charge in [-0.05, 0) is 47.7 Å². The van der Waals surface area contributed by atoms with Gasteiger partial charge >= 0.3 is 0 Å². The Hall–Kier alpha value is -3.27. The topological polar surface area (TPSA) is 38.8 Å². The van der Waals surface area contributed by atoms with Crippen LogP contribution in [0.3, 0.4) is 0 Å². The van der Waals surface area contributed by atoms with Crippen LogP contribution in [0, 0.1) is 0 Å². The molecule has 0 aromatic heterocycles. The van der Waals surface area contributed by atoms with Crippen molar-refractivity contribution in [1.29, 1.82) is 0 Å². The van der Waals surface area contributed by atoms with E-state index in [4.69, 9.17) is 9.47 Å². The minimum absolute atomic E-state index is 0.0454. The van der Waals surface area contributed by atoms with E-state index in [1.165, 1.54) is 5.56 Å². The summed E-state index contributed by atoms with van der Waals surface area (Å²) in [5.41, 5.74) is 4.35. The highest BCUT2D eigenvalue weighted by Gasteiger charge is 2.34. The number of nitrogens with zero attached hydrogens (tertiary/aromatic N) is 1. The molecule has 1 amide bonds. The fourth-order valence-corrected chi connectivity index (χ4v) is 4.38. The summed E-state index contributed by atoms with van der Waals surface area (Å²) in [4.78, 5) is 15.9. The average Bonchev–Trinajstić information content (AvgIpc) is 2.80. The Morgan fingerprint density at radius 3 is 1.97 bits per heavy atom. The highest BCUT2D eigenvalue weighted by atomic mass is 16.5. The lowest BCUT2D eigenvalue weighted by Gasteiger charge is -2.38. The quantitative estimate of drug-likeness (QED) is 0.605. The normalized spacial score (nSPS) is 15.6. The number of carbonyl (C=O) groups excluding carboxylic acids is 1. The Labute approximate surface area is 178 Å². The van der Waals surface area contributed by atoms with Gasteiger partial charge in [0.1, 0.15) is 0 Å². The molecule has 4 rings (SSSR count). The van der Waals surface area contributed by atoms with Crippen LogP contribution >= 0.6 is 0 Å². The molecule has 0 fully saturated rings. The number of methoxy groups -OCH3 is 2. The van der Waals surface area contributed by atoms with Gasteiger partial charge in [0.2, 0.25) is 5.91 Å². The average molecular weight is 402 g/mol. The van der Waals surface area contributed by atoms with Gasteiger partial charge in [-0.15, -0.1) is 0 Å². The molecule has 4 nitrogen and oxygen atoms in total. The van der Waals surface area contributed by atoms with Gasteiger partial charge in [0.05, 0.1) is 26.2 Å². The molecule has 0 saturated carbocycles. The molecule has 0 saturated heterocycles. The summed E-state index contributed by atoms with van der Waals surface area (Å²) in [6.45, 7) is 2.77. The summed E-state index contributed by atoms with van der Waals surface area (Å²) in [5.74, 6) is 1.23. The SMILES string of the molecule is COc1cc2c(cc1OC)[C@H](C)N(C(=O)C(c1ccccc1)c1ccccc1)CC2. The zero-order valence-electron chi connectivity index (χ0n) is 17.7. The number of hydrogen-bond acceptors (Lipinski definition) is 3. The van der Waals surface area contributed by atoms with E-state index >= 15 is 0 Å². The molecule has 154 valence electrons. The molecule has 3 aromatic carbocycles. The Bertz CT molecular complexity index is 978. The summed E-state index contributed by atoms with van der Waals surface area (Å²) in [6, 6.07) is 24.1. The van der Waals surface area contributed by atoms with E-state index in [2.05, 4.69) is 6.92 Å². The van der Waals surface area contributed by atoms with Gasteiger partial charge in [-0.25, -0.2) is 0 Å². The van der Waals surface area contributed by atoms with Gasteiger partial charge < -0.3 is 14.4 Å². The summed E-state index contributed by atoms with van der Waals surface area (Å²) >= 11 is 0. The van der Waals surface area contributed by atoms with Gasteiger partial charge in [-0.3, -0.25) is 4.79 Å². The number of fused-ring (bicyclic) bond motifs is 1. The van der Waals surface area contributed by atoms with Crippen molar-refractivity contribution in [3.05, 3.63) is 95.1 Å². The van der Waals surface area contributed by atoms with Crippen molar-refractivity contribution in [2.75, 3.05) is 20.8 Å². The van der Waals surface area contributed by atoms with E-state index in [0.717, 1.165) is 28.9 Å². The zero-order valence-corrected chi connectivity index (χ0v) is 17.7. The molecule has 0 N–H and O–H groups in total. The molecule has 0 aliphatic carbocycles. The number of rotatable bonds is 5. The molecule has 1 heterocycles. The third-order valence-electron chi connectivity index (χ3n) is 5.98. The minimum atomic E-state index is -0.323. The first-order chi connectivity index (χ1) is 14.6. The second-order valence-corrected chi connectivity index (χ2v) is 7.62. The summed E-state index contributed by atoms with van der Waals surface area (Å²) < 4.78 is 11.0. The fraction of sp³-hybridized carbons (Fsp3) is 0.269. The highest BCUT2D eigenvalue weighted by molar-refractivity contribution is 5.88. The number of benzene rings is 3. The lowest BCUT2D eigenvalue weighted by molar-refractivity contribution is -0.134. The van der Waals surface area contributed by atoms with Crippen molar-refractivity contribution in [3.63, 3.8) is 0 Å². The van der Waals surface area contributed by atoms with Gasteiger partial charge in [0.15, 0.2) is 11.5 Å². The first-order valence-corrected chi connectivity index (χ1v) is 10.3. The molecule has 1 aliphatic heterocycles. The van der Waals surface area contributed by atoms with Gasteiger partial charge in [0, 0.05) is 6.54 Å². The van der Waals surface area contributed by atoms with Crippen LogP contribution in [0.4, 0.5) is 0 Å². The molecule has 30 heavy (non-hydrogen) atoms. The number of carbonyl (C=O) groups is 1. The number of hydrogen-bond donors (Lipinski definition) is 0. The Kier molecular flexibility index (Phi) is 5.75. The van der Waals surface area contributed by atoms with Crippen LogP contribution in [-0.2, 0) is 11.2 Å². The summed E-state index contributed by atoms with van der Waals surface area (Å²) in [5, 5.41) is 0. The lowest BCUT2D eigenvalue weighted by Crippen LogP contribution is -2.41. The van der Waals surface area contributed by atoms with Crippen molar-refractivity contribution < 1.29 is 14.3 Å². The third kappa shape index (κ3) is 3.65. The van der Waals surface area contributed by atoms with E-state index in [-0.39, 0.29) is 17.9 Å². The van der Waals surface area contributed by atoms with Crippen molar-refractivity contribution in [1.82, 2.24) is 4.90 Å². The first kappa shape index (κ1) is 20.0. The molecule has 0 spiro atoms. The van der Waals surface area contributed by atoms with Crippen LogP contribution in [0.5, 0.6) is 11.5 Å². The van der Waals surface area contributed by atoms with E-state index in [1.54, 1.807) is 14.2 Å².